The molecular formula is C18H17ClN2O4. The Bertz CT molecular complexity index is 790. The molecule has 0 saturated heterocycles. The second kappa shape index (κ2) is 7.90. The van der Waals surface area contributed by atoms with Gasteiger partial charge in [-0.15, -0.1) is 0 Å². The quantitative estimate of drug-likeness (QED) is 0.668. The van der Waals surface area contributed by atoms with E-state index in [4.69, 9.17) is 25.8 Å². The summed E-state index contributed by atoms with van der Waals surface area (Å²) in [7, 11) is 0. The molecule has 1 N–H and O–H groups in total. The molecule has 7 heteroatoms. The Morgan fingerprint density at radius 2 is 1.80 bits per heavy atom. The minimum absolute atomic E-state index is 0.266. The molecule has 1 amide bonds. The van der Waals surface area contributed by atoms with Crippen LogP contribution in [0.2, 0.25) is 5.02 Å². The van der Waals surface area contributed by atoms with Crippen LogP contribution in [0.1, 0.15) is 18.1 Å². The summed E-state index contributed by atoms with van der Waals surface area (Å²) in [5, 5.41) is 4.83. The Hall–Kier alpha value is -2.73. The van der Waals surface area contributed by atoms with E-state index in [1.807, 2.05) is 30.3 Å². The van der Waals surface area contributed by atoms with E-state index in [0.29, 0.717) is 35.4 Å². The third-order valence-electron chi connectivity index (χ3n) is 3.47. The monoisotopic (exact) mass is 360 g/mol. The minimum Gasteiger partial charge on any atom is -0.486 e. The van der Waals surface area contributed by atoms with Gasteiger partial charge in [0.05, 0.1) is 12.3 Å². The zero-order chi connectivity index (χ0) is 17.6. The summed E-state index contributed by atoms with van der Waals surface area (Å²) in [6.45, 7) is 3.01. The van der Waals surface area contributed by atoms with Crippen molar-refractivity contribution in [3.8, 4) is 11.5 Å². The number of ether oxygens (including phenoxy) is 3. The first-order chi connectivity index (χ1) is 12.2. The van der Waals surface area contributed by atoms with Crippen LogP contribution in [0.3, 0.4) is 0 Å². The van der Waals surface area contributed by atoms with Crippen molar-refractivity contribution in [3.05, 3.63) is 58.6 Å². The molecular weight excluding hydrogens is 344 g/mol. The van der Waals surface area contributed by atoms with E-state index in [1.54, 1.807) is 19.1 Å². The highest BCUT2D eigenvalue weighted by Crippen LogP contribution is 2.31. The number of hydrogen-bond donors (Lipinski definition) is 1. The first kappa shape index (κ1) is 17.1. The summed E-state index contributed by atoms with van der Waals surface area (Å²) in [6, 6.07) is 12.7. The van der Waals surface area contributed by atoms with Crippen molar-refractivity contribution in [2.75, 3.05) is 19.8 Å². The van der Waals surface area contributed by atoms with Crippen LogP contribution in [0.5, 0.6) is 11.5 Å². The van der Waals surface area contributed by atoms with E-state index in [2.05, 4.69) is 10.5 Å². The third-order valence-corrected chi connectivity index (χ3v) is 3.72. The lowest BCUT2D eigenvalue weighted by atomic mass is 10.0. The van der Waals surface area contributed by atoms with Gasteiger partial charge in [-0.1, -0.05) is 23.7 Å². The summed E-state index contributed by atoms with van der Waals surface area (Å²) in [6.07, 6.45) is -0.619. The average Bonchev–Trinajstić information content (AvgIpc) is 2.63. The molecule has 1 aliphatic heterocycles. The average molecular weight is 361 g/mol. The summed E-state index contributed by atoms with van der Waals surface area (Å²) in [5.74, 6) is 1.32. The van der Waals surface area contributed by atoms with E-state index in [9.17, 15) is 4.79 Å². The molecule has 0 atom stereocenters. The number of carbonyl (C=O) groups excluding carboxylic acids is 1. The van der Waals surface area contributed by atoms with Gasteiger partial charge in [0.15, 0.2) is 11.5 Å². The van der Waals surface area contributed by atoms with Crippen molar-refractivity contribution in [3.63, 3.8) is 0 Å². The molecule has 0 aromatic heterocycles. The van der Waals surface area contributed by atoms with Crippen molar-refractivity contribution < 1.29 is 19.0 Å². The first-order valence-electron chi connectivity index (χ1n) is 7.84. The molecule has 2 aromatic rings. The lowest BCUT2D eigenvalue weighted by Gasteiger charge is -2.19. The molecule has 0 spiro atoms. The molecule has 1 heterocycles. The maximum atomic E-state index is 11.6. The van der Waals surface area contributed by atoms with Gasteiger partial charge in [0.1, 0.15) is 13.2 Å². The molecule has 0 saturated carbocycles. The van der Waals surface area contributed by atoms with Gasteiger partial charge < -0.3 is 14.2 Å². The van der Waals surface area contributed by atoms with Crippen LogP contribution in [0.25, 0.3) is 0 Å². The lowest BCUT2D eigenvalue weighted by molar-refractivity contribution is 0.152. The summed E-state index contributed by atoms with van der Waals surface area (Å²) in [5.41, 5.74) is 4.51. The highest BCUT2D eigenvalue weighted by Gasteiger charge is 2.16. The summed E-state index contributed by atoms with van der Waals surface area (Å²) in [4.78, 5) is 11.6. The SMILES string of the molecule is CCOC(=O)N/N=C(\c1ccc(Cl)cc1)c1ccc2c(c1)OCCO2. The molecule has 1 aliphatic rings. The van der Waals surface area contributed by atoms with Crippen LogP contribution < -0.4 is 14.9 Å². The normalized spacial score (nSPS) is 13.3. The van der Waals surface area contributed by atoms with Crippen molar-refractivity contribution in [2.24, 2.45) is 5.10 Å². The predicted octanol–water partition coefficient (Wildman–Crippen LogP) is 3.61. The number of benzene rings is 2. The molecule has 3 rings (SSSR count). The van der Waals surface area contributed by atoms with Crippen LogP contribution in [0.15, 0.2) is 47.6 Å². The van der Waals surface area contributed by atoms with Gasteiger partial charge in [-0.2, -0.15) is 5.10 Å². The van der Waals surface area contributed by atoms with Gasteiger partial charge in [0.25, 0.3) is 0 Å². The van der Waals surface area contributed by atoms with Gasteiger partial charge in [-0.25, -0.2) is 10.2 Å². The number of hydrogen-bond acceptors (Lipinski definition) is 5. The van der Waals surface area contributed by atoms with Gasteiger partial charge >= 0.3 is 6.09 Å². The molecule has 0 unspecified atom stereocenters. The van der Waals surface area contributed by atoms with Crippen molar-refractivity contribution >= 4 is 23.4 Å². The zero-order valence-corrected chi connectivity index (χ0v) is 14.4. The number of halogens is 1. The van der Waals surface area contributed by atoms with Crippen molar-refractivity contribution in [1.29, 1.82) is 0 Å². The lowest BCUT2D eigenvalue weighted by Crippen LogP contribution is -2.21. The Labute approximate surface area is 150 Å². The van der Waals surface area contributed by atoms with Gasteiger partial charge in [-0.05, 0) is 37.3 Å². The van der Waals surface area contributed by atoms with Crippen molar-refractivity contribution in [2.45, 2.75) is 6.92 Å². The Balaban J connectivity index is 1.97. The standard InChI is InChI=1S/C18H17ClN2O4/c1-2-23-18(22)21-20-17(12-3-6-14(19)7-4-12)13-5-8-15-16(11-13)25-10-9-24-15/h3-8,11H,2,9-10H2,1H3,(H,21,22)/b20-17+. The van der Waals surface area contributed by atoms with E-state index < -0.39 is 6.09 Å². The fraction of sp³-hybridized carbons (Fsp3) is 0.222. The van der Waals surface area contributed by atoms with E-state index >= 15 is 0 Å². The highest BCUT2D eigenvalue weighted by molar-refractivity contribution is 6.30. The number of carbonyl (C=O) groups is 1. The molecule has 0 fully saturated rings. The zero-order valence-electron chi connectivity index (χ0n) is 13.6. The Morgan fingerprint density at radius 3 is 2.52 bits per heavy atom. The van der Waals surface area contributed by atoms with Crippen LogP contribution in [-0.4, -0.2) is 31.6 Å². The van der Waals surface area contributed by atoms with E-state index in [0.717, 1.165) is 11.1 Å². The summed E-state index contributed by atoms with van der Waals surface area (Å²) < 4.78 is 16.0. The number of nitrogens with zero attached hydrogens (tertiary/aromatic N) is 1. The molecule has 2 aromatic carbocycles. The Morgan fingerprint density at radius 1 is 1.12 bits per heavy atom. The second-order valence-electron chi connectivity index (χ2n) is 5.16. The fourth-order valence-electron chi connectivity index (χ4n) is 2.36. The maximum absolute atomic E-state index is 11.6. The number of rotatable bonds is 4. The largest absolute Gasteiger partial charge is 0.486 e. The van der Waals surface area contributed by atoms with Crippen LogP contribution in [-0.2, 0) is 4.74 Å². The van der Waals surface area contributed by atoms with Crippen molar-refractivity contribution in [1.82, 2.24) is 5.43 Å². The number of fused-ring (bicyclic) bond motifs is 1. The van der Waals surface area contributed by atoms with E-state index in [1.165, 1.54) is 0 Å². The Kier molecular flexibility index (Phi) is 5.40. The number of nitrogens with one attached hydrogen (secondary N) is 1. The molecule has 0 aliphatic carbocycles. The fourth-order valence-corrected chi connectivity index (χ4v) is 2.49. The highest BCUT2D eigenvalue weighted by atomic mass is 35.5. The first-order valence-corrected chi connectivity index (χ1v) is 8.21. The van der Waals surface area contributed by atoms with E-state index in [-0.39, 0.29) is 6.61 Å². The maximum Gasteiger partial charge on any atom is 0.427 e. The molecule has 6 nitrogen and oxygen atoms in total. The second-order valence-corrected chi connectivity index (χ2v) is 5.59. The number of hydrazone groups is 1. The summed E-state index contributed by atoms with van der Waals surface area (Å²) >= 11 is 5.96. The molecule has 0 radical (unpaired) electrons. The van der Waals surface area contributed by atoms with Gasteiger partial charge in [0.2, 0.25) is 0 Å². The molecule has 25 heavy (non-hydrogen) atoms. The minimum atomic E-state index is -0.619. The number of amides is 1. The molecule has 130 valence electrons. The van der Waals surface area contributed by atoms with Gasteiger partial charge in [-0.3, -0.25) is 0 Å². The van der Waals surface area contributed by atoms with Crippen LogP contribution in [0, 0.1) is 0 Å². The smallest absolute Gasteiger partial charge is 0.427 e. The molecule has 0 bridgehead atoms. The van der Waals surface area contributed by atoms with Crippen LogP contribution in [0.4, 0.5) is 4.79 Å². The topological polar surface area (TPSA) is 69.2 Å². The predicted molar refractivity (Wildman–Crippen MR) is 94.7 cm³/mol. The van der Waals surface area contributed by atoms with Crippen LogP contribution >= 0.6 is 11.6 Å². The van der Waals surface area contributed by atoms with Gasteiger partial charge in [0, 0.05) is 16.1 Å². The third kappa shape index (κ3) is 4.22.